The van der Waals surface area contributed by atoms with E-state index in [0.717, 1.165) is 34.4 Å². The van der Waals surface area contributed by atoms with Crippen LogP contribution in [0, 0.1) is 4.91 Å². The number of aryl methyl sites for hydroxylation is 2. The zero-order valence-electron chi connectivity index (χ0n) is 18.6. The van der Waals surface area contributed by atoms with Gasteiger partial charge in [-0.1, -0.05) is 0 Å². The predicted molar refractivity (Wildman–Crippen MR) is 126 cm³/mol. The van der Waals surface area contributed by atoms with Gasteiger partial charge in [0.2, 0.25) is 12.5 Å². The van der Waals surface area contributed by atoms with Gasteiger partial charge in [0.05, 0.1) is 18.1 Å². The van der Waals surface area contributed by atoms with Gasteiger partial charge in [0.1, 0.15) is 10.6 Å². The van der Waals surface area contributed by atoms with Crippen LogP contribution >= 0.6 is 0 Å². The number of ether oxygens (including phenoxy) is 3. The number of fused-ring (bicyclic) bond motifs is 5. The lowest BCUT2D eigenvalue weighted by Gasteiger charge is -2.18. The molecule has 35 heavy (non-hydrogen) atoms. The van der Waals surface area contributed by atoms with Crippen molar-refractivity contribution in [3.63, 3.8) is 0 Å². The van der Waals surface area contributed by atoms with Crippen LogP contribution in [0.4, 0.5) is 5.69 Å². The van der Waals surface area contributed by atoms with E-state index < -0.39 is 10.1 Å². The third-order valence-electron chi connectivity index (χ3n) is 6.22. The normalized spacial score (nSPS) is 13.7. The second kappa shape index (κ2) is 7.95. The summed E-state index contributed by atoms with van der Waals surface area (Å²) in [7, 11) is -2.75. The fraction of sp³-hybridized carbons (Fsp3) is 0.160. The zero-order valence-corrected chi connectivity index (χ0v) is 19.4. The molecule has 0 amide bonds. The molecule has 0 fully saturated rings. The highest BCUT2D eigenvalue weighted by Gasteiger charge is 2.30. The summed E-state index contributed by atoms with van der Waals surface area (Å²) in [6.45, 7) is 0.904. The first-order valence-electron chi connectivity index (χ1n) is 10.8. The van der Waals surface area contributed by atoms with Crippen molar-refractivity contribution >= 4 is 26.6 Å². The molecule has 3 aromatic carbocycles. The average molecular weight is 492 g/mol. The van der Waals surface area contributed by atoms with Crippen molar-refractivity contribution in [2.45, 2.75) is 17.9 Å². The quantitative estimate of drug-likeness (QED) is 0.233. The maximum absolute atomic E-state index is 13.1. The Labute approximate surface area is 200 Å². The first kappa shape index (κ1) is 21.4. The van der Waals surface area contributed by atoms with Gasteiger partial charge in [0.15, 0.2) is 35.7 Å². The predicted octanol–water partition coefficient (Wildman–Crippen LogP) is 4.25. The summed E-state index contributed by atoms with van der Waals surface area (Å²) in [5.74, 6) is 1.83. The number of methoxy groups -OCH3 is 1. The molecule has 3 heterocycles. The Kier molecular flexibility index (Phi) is 4.85. The molecule has 4 aromatic rings. The van der Waals surface area contributed by atoms with Gasteiger partial charge in [-0.2, -0.15) is 13.0 Å². The summed E-state index contributed by atoms with van der Waals surface area (Å²) >= 11 is 0. The molecular weight excluding hydrogens is 472 g/mol. The van der Waals surface area contributed by atoms with E-state index in [1.165, 1.54) is 31.4 Å². The van der Waals surface area contributed by atoms with Crippen LogP contribution in [0.25, 0.3) is 22.0 Å². The summed E-state index contributed by atoms with van der Waals surface area (Å²) in [5.41, 5.74) is 3.30. The topological polar surface area (TPSA) is 104 Å². The zero-order chi connectivity index (χ0) is 24.2. The highest BCUT2D eigenvalue weighted by molar-refractivity contribution is 7.87. The molecule has 1 aromatic heterocycles. The molecule has 0 unspecified atom stereocenters. The number of benzene rings is 3. The van der Waals surface area contributed by atoms with Crippen molar-refractivity contribution in [1.82, 2.24) is 0 Å². The first-order valence-corrected chi connectivity index (χ1v) is 12.2. The van der Waals surface area contributed by atoms with E-state index in [4.69, 9.17) is 18.4 Å². The number of pyridine rings is 1. The Morgan fingerprint density at radius 3 is 2.51 bits per heavy atom. The summed E-state index contributed by atoms with van der Waals surface area (Å²) in [6, 6.07) is 14.7. The minimum absolute atomic E-state index is 0.0920. The highest BCUT2D eigenvalue weighted by Crippen LogP contribution is 2.42. The molecule has 0 spiro atoms. The van der Waals surface area contributed by atoms with Crippen LogP contribution in [0.2, 0.25) is 0 Å². The van der Waals surface area contributed by atoms with Crippen molar-refractivity contribution in [2.24, 2.45) is 5.18 Å². The van der Waals surface area contributed by atoms with Crippen LogP contribution in [-0.2, 0) is 23.1 Å². The molecule has 0 saturated heterocycles. The highest BCUT2D eigenvalue weighted by atomic mass is 32.2. The van der Waals surface area contributed by atoms with E-state index in [1.54, 1.807) is 6.07 Å². The van der Waals surface area contributed by atoms with Gasteiger partial charge in [-0.15, -0.1) is 4.91 Å². The molecule has 2 aliphatic rings. The van der Waals surface area contributed by atoms with Crippen molar-refractivity contribution in [2.75, 3.05) is 13.9 Å². The van der Waals surface area contributed by atoms with Crippen LogP contribution in [-0.4, -0.2) is 22.3 Å². The van der Waals surface area contributed by atoms with Gasteiger partial charge in [-0.25, -0.2) is 0 Å². The lowest BCUT2D eigenvalue weighted by Crippen LogP contribution is -2.40. The van der Waals surface area contributed by atoms with Crippen molar-refractivity contribution < 1.29 is 31.4 Å². The molecule has 2 aliphatic heterocycles. The van der Waals surface area contributed by atoms with E-state index in [9.17, 15) is 13.3 Å². The number of nitroso groups, excluding NO2 is 1. The minimum Gasteiger partial charge on any atom is -0.493 e. The van der Waals surface area contributed by atoms with Gasteiger partial charge in [0.25, 0.3) is 0 Å². The molecule has 9 nitrogen and oxygen atoms in total. The molecular formula is C25H19N2O7S+. The number of hydrogen-bond acceptors (Lipinski definition) is 8. The van der Waals surface area contributed by atoms with Crippen LogP contribution in [0.15, 0.2) is 70.9 Å². The Morgan fingerprint density at radius 2 is 1.77 bits per heavy atom. The lowest BCUT2D eigenvalue weighted by molar-refractivity contribution is -0.686. The van der Waals surface area contributed by atoms with Gasteiger partial charge in [-0.3, -0.25) is 0 Å². The van der Waals surface area contributed by atoms with Gasteiger partial charge < -0.3 is 18.4 Å². The molecule has 0 saturated carbocycles. The number of rotatable bonds is 5. The standard InChI is InChI=1S/C25H19N2O7S/c1-31-22-7-2-15-10-21-19-12-24-23(32-14-33-24)11-16(19)8-9-27(21)13-20(15)25(22)34-35(29,30)18-5-3-17(26-28)4-6-18/h2-7,10-13H,8-9,14H2,1H3/q+1. The van der Waals surface area contributed by atoms with E-state index in [2.05, 4.69) is 9.74 Å². The lowest BCUT2D eigenvalue weighted by atomic mass is 9.95. The SMILES string of the molecule is COc1ccc2cc3[n+](cc2c1OS(=O)(=O)c1ccc(N=O)cc1)CCc1cc2c(cc1-3)OCO2. The average Bonchev–Trinajstić information content (AvgIpc) is 3.34. The fourth-order valence-electron chi connectivity index (χ4n) is 4.48. The Morgan fingerprint density at radius 1 is 1.00 bits per heavy atom. The maximum atomic E-state index is 13.1. The maximum Gasteiger partial charge on any atom is 0.339 e. The Bertz CT molecular complexity index is 1620. The van der Waals surface area contributed by atoms with E-state index >= 15 is 0 Å². The number of nitrogens with zero attached hydrogens (tertiary/aromatic N) is 2. The molecule has 0 bridgehead atoms. The summed E-state index contributed by atoms with van der Waals surface area (Å²) in [5, 5.41) is 4.17. The minimum atomic E-state index is -4.20. The Hall–Kier alpha value is -4.18. The summed E-state index contributed by atoms with van der Waals surface area (Å²) in [4.78, 5) is 10.6. The monoisotopic (exact) mass is 491 g/mol. The molecule has 0 N–H and O–H groups in total. The second-order valence-electron chi connectivity index (χ2n) is 8.19. The summed E-state index contributed by atoms with van der Waals surface area (Å²) in [6.07, 6.45) is 2.66. The van der Waals surface area contributed by atoms with Crippen molar-refractivity contribution in [3.05, 3.63) is 71.3 Å². The van der Waals surface area contributed by atoms with E-state index in [-0.39, 0.29) is 28.9 Å². The number of aromatic nitrogens is 1. The van der Waals surface area contributed by atoms with E-state index in [0.29, 0.717) is 17.7 Å². The van der Waals surface area contributed by atoms with Gasteiger partial charge in [-0.05, 0) is 64.7 Å². The smallest absolute Gasteiger partial charge is 0.339 e. The van der Waals surface area contributed by atoms with Crippen LogP contribution < -0.4 is 23.0 Å². The molecule has 10 heteroatoms. The third kappa shape index (κ3) is 3.53. The largest absolute Gasteiger partial charge is 0.493 e. The molecule has 0 radical (unpaired) electrons. The van der Waals surface area contributed by atoms with Crippen molar-refractivity contribution in [1.29, 1.82) is 0 Å². The third-order valence-corrected chi connectivity index (χ3v) is 7.46. The molecule has 176 valence electrons. The van der Waals surface area contributed by atoms with Gasteiger partial charge in [0, 0.05) is 12.5 Å². The number of hydrogen-bond donors (Lipinski definition) is 0. The summed E-state index contributed by atoms with van der Waals surface area (Å²) < 4.78 is 50.3. The van der Waals surface area contributed by atoms with Crippen molar-refractivity contribution in [3.8, 4) is 34.3 Å². The molecule has 6 rings (SSSR count). The fourth-order valence-corrected chi connectivity index (χ4v) is 5.43. The molecule has 0 atom stereocenters. The first-order chi connectivity index (χ1) is 17.0. The Balaban J connectivity index is 1.47. The van der Waals surface area contributed by atoms with Gasteiger partial charge >= 0.3 is 10.1 Å². The van der Waals surface area contributed by atoms with Crippen LogP contribution in [0.3, 0.4) is 0 Å². The van der Waals surface area contributed by atoms with E-state index in [1.807, 2.05) is 30.5 Å². The second-order valence-corrected chi connectivity index (χ2v) is 9.73. The van der Waals surface area contributed by atoms with Crippen LogP contribution in [0.1, 0.15) is 5.56 Å². The molecule has 0 aliphatic carbocycles. The van der Waals surface area contributed by atoms with Crippen LogP contribution in [0.5, 0.6) is 23.0 Å².